The maximum Gasteiger partial charge on any atom is 0.139 e. The fraction of sp³-hybridized carbons (Fsp3) is 0.364. The van der Waals surface area contributed by atoms with Gasteiger partial charge in [-0.05, 0) is 17.7 Å². The van der Waals surface area contributed by atoms with Crippen LogP contribution in [0.5, 0.6) is 5.75 Å². The fourth-order valence-electron chi connectivity index (χ4n) is 1.15. The predicted molar refractivity (Wildman–Crippen MR) is 53.3 cm³/mol. The van der Waals surface area contributed by atoms with E-state index in [1.54, 1.807) is 31.4 Å². The highest BCUT2D eigenvalue weighted by atomic mass is 16.5. The van der Waals surface area contributed by atoms with Crippen LogP contribution in [0, 0.1) is 0 Å². The Bertz CT molecular complexity index is 290. The molecule has 0 unspecified atom stereocenters. The van der Waals surface area contributed by atoms with E-state index in [9.17, 15) is 4.79 Å². The second-order valence-electron chi connectivity index (χ2n) is 3.12. The van der Waals surface area contributed by atoms with Gasteiger partial charge >= 0.3 is 0 Å². The topological polar surface area (TPSA) is 46.5 Å². The molecule has 0 aromatic heterocycles. The van der Waals surface area contributed by atoms with Crippen LogP contribution < -0.4 is 0 Å². The summed E-state index contributed by atoms with van der Waals surface area (Å²) < 4.78 is 4.81. The molecule has 0 aliphatic heterocycles. The number of Topliss-reactive ketones (excluding diaryl/α,β-unsaturated/α-hetero) is 1. The van der Waals surface area contributed by atoms with Crippen LogP contribution in [-0.4, -0.2) is 24.6 Å². The smallest absolute Gasteiger partial charge is 0.139 e. The average Bonchev–Trinajstić information content (AvgIpc) is 2.18. The van der Waals surface area contributed by atoms with Crippen LogP contribution in [0.1, 0.15) is 12.0 Å². The summed E-state index contributed by atoms with van der Waals surface area (Å²) >= 11 is 0. The molecule has 0 aliphatic carbocycles. The van der Waals surface area contributed by atoms with E-state index in [0.29, 0.717) is 19.4 Å². The van der Waals surface area contributed by atoms with E-state index in [-0.39, 0.29) is 11.5 Å². The number of carbonyl (C=O) groups excluding carboxylic acids is 1. The van der Waals surface area contributed by atoms with Crippen molar-refractivity contribution in [2.75, 3.05) is 13.7 Å². The zero-order chi connectivity index (χ0) is 10.4. The first kappa shape index (κ1) is 10.7. The predicted octanol–water partition coefficient (Wildman–Crippen LogP) is 1.54. The summed E-state index contributed by atoms with van der Waals surface area (Å²) in [6.07, 6.45) is 0.848. The van der Waals surface area contributed by atoms with Gasteiger partial charge in [0.05, 0.1) is 6.61 Å². The highest BCUT2D eigenvalue weighted by Gasteiger charge is 2.02. The molecule has 1 aromatic rings. The Morgan fingerprint density at radius 3 is 2.57 bits per heavy atom. The zero-order valence-electron chi connectivity index (χ0n) is 8.19. The number of phenols is 1. The first-order valence-corrected chi connectivity index (χ1v) is 4.51. The minimum absolute atomic E-state index is 0.150. The SMILES string of the molecule is COCCC(=O)Cc1ccc(O)cc1. The van der Waals surface area contributed by atoms with Gasteiger partial charge in [-0.2, -0.15) is 0 Å². The Morgan fingerprint density at radius 1 is 1.36 bits per heavy atom. The monoisotopic (exact) mass is 194 g/mol. The lowest BCUT2D eigenvalue weighted by atomic mass is 10.1. The molecule has 3 heteroatoms. The summed E-state index contributed by atoms with van der Waals surface area (Å²) in [6.45, 7) is 0.469. The van der Waals surface area contributed by atoms with Crippen molar-refractivity contribution in [1.82, 2.24) is 0 Å². The van der Waals surface area contributed by atoms with Crippen LogP contribution in [0.4, 0.5) is 0 Å². The fourth-order valence-corrected chi connectivity index (χ4v) is 1.15. The molecule has 1 N–H and O–H groups in total. The molecule has 0 aliphatic rings. The lowest BCUT2D eigenvalue weighted by Crippen LogP contribution is -2.05. The van der Waals surface area contributed by atoms with E-state index in [4.69, 9.17) is 9.84 Å². The highest BCUT2D eigenvalue weighted by molar-refractivity contribution is 5.80. The third-order valence-corrected chi connectivity index (χ3v) is 1.92. The van der Waals surface area contributed by atoms with Gasteiger partial charge in [-0.3, -0.25) is 4.79 Å². The maximum atomic E-state index is 11.3. The number of methoxy groups -OCH3 is 1. The minimum Gasteiger partial charge on any atom is -0.508 e. The van der Waals surface area contributed by atoms with Crippen LogP contribution in [0.25, 0.3) is 0 Å². The Labute approximate surface area is 83.3 Å². The van der Waals surface area contributed by atoms with E-state index in [1.165, 1.54) is 0 Å². The standard InChI is InChI=1S/C11H14O3/c1-14-7-6-11(13)8-9-2-4-10(12)5-3-9/h2-5,12H,6-8H2,1H3. The van der Waals surface area contributed by atoms with E-state index in [0.717, 1.165) is 5.56 Å². The van der Waals surface area contributed by atoms with Crippen molar-refractivity contribution in [3.8, 4) is 5.75 Å². The van der Waals surface area contributed by atoms with Crippen LogP contribution >= 0.6 is 0 Å². The summed E-state index contributed by atoms with van der Waals surface area (Å²) in [6, 6.07) is 6.66. The summed E-state index contributed by atoms with van der Waals surface area (Å²) in [4.78, 5) is 11.3. The number of benzene rings is 1. The third-order valence-electron chi connectivity index (χ3n) is 1.92. The van der Waals surface area contributed by atoms with Crippen molar-refractivity contribution >= 4 is 5.78 Å². The van der Waals surface area contributed by atoms with E-state index < -0.39 is 0 Å². The molecule has 0 amide bonds. The van der Waals surface area contributed by atoms with Crippen LogP contribution in [0.3, 0.4) is 0 Å². The number of hydrogen-bond donors (Lipinski definition) is 1. The molecule has 0 spiro atoms. The summed E-state index contributed by atoms with van der Waals surface area (Å²) in [5, 5.41) is 9.03. The Morgan fingerprint density at radius 2 is 2.00 bits per heavy atom. The summed E-state index contributed by atoms with van der Waals surface area (Å²) in [5.41, 5.74) is 0.920. The second-order valence-corrected chi connectivity index (χ2v) is 3.12. The number of aromatic hydroxyl groups is 1. The molecule has 1 rings (SSSR count). The van der Waals surface area contributed by atoms with Gasteiger partial charge in [0.15, 0.2) is 0 Å². The van der Waals surface area contributed by atoms with Crippen molar-refractivity contribution in [3.05, 3.63) is 29.8 Å². The highest BCUT2D eigenvalue weighted by Crippen LogP contribution is 2.10. The van der Waals surface area contributed by atoms with Crippen LogP contribution in [0.15, 0.2) is 24.3 Å². The van der Waals surface area contributed by atoms with Gasteiger partial charge in [0.1, 0.15) is 11.5 Å². The second kappa shape index (κ2) is 5.40. The number of phenolic OH excluding ortho intramolecular Hbond substituents is 1. The maximum absolute atomic E-state index is 11.3. The molecule has 0 saturated heterocycles. The van der Waals surface area contributed by atoms with E-state index >= 15 is 0 Å². The molecule has 0 heterocycles. The molecule has 0 atom stereocenters. The summed E-state index contributed by atoms with van der Waals surface area (Å²) in [7, 11) is 1.58. The Kier molecular flexibility index (Phi) is 4.13. The molecule has 14 heavy (non-hydrogen) atoms. The first-order chi connectivity index (χ1) is 6.72. The lowest BCUT2D eigenvalue weighted by molar-refractivity contribution is -0.119. The van der Waals surface area contributed by atoms with E-state index in [2.05, 4.69) is 0 Å². The van der Waals surface area contributed by atoms with Gasteiger partial charge in [-0.1, -0.05) is 12.1 Å². The molecule has 1 aromatic carbocycles. The molecule has 0 radical (unpaired) electrons. The van der Waals surface area contributed by atoms with Gasteiger partial charge in [0, 0.05) is 20.0 Å². The van der Waals surface area contributed by atoms with Gasteiger partial charge in [0.25, 0.3) is 0 Å². The number of rotatable bonds is 5. The van der Waals surface area contributed by atoms with Gasteiger partial charge in [-0.25, -0.2) is 0 Å². The minimum atomic E-state index is 0.150. The molecule has 0 saturated carbocycles. The molecule has 0 bridgehead atoms. The van der Waals surface area contributed by atoms with Gasteiger partial charge < -0.3 is 9.84 Å². The molecular formula is C11H14O3. The number of carbonyl (C=O) groups is 1. The van der Waals surface area contributed by atoms with Crippen LogP contribution in [0.2, 0.25) is 0 Å². The van der Waals surface area contributed by atoms with Crippen molar-refractivity contribution in [3.63, 3.8) is 0 Å². The van der Waals surface area contributed by atoms with Crippen molar-refractivity contribution in [1.29, 1.82) is 0 Å². The van der Waals surface area contributed by atoms with Gasteiger partial charge in [-0.15, -0.1) is 0 Å². The summed E-state index contributed by atoms with van der Waals surface area (Å²) in [5.74, 6) is 0.371. The lowest BCUT2D eigenvalue weighted by Gasteiger charge is -2.00. The molecule has 76 valence electrons. The largest absolute Gasteiger partial charge is 0.508 e. The quantitative estimate of drug-likeness (QED) is 0.773. The zero-order valence-corrected chi connectivity index (χ0v) is 8.19. The van der Waals surface area contributed by atoms with Crippen molar-refractivity contribution < 1.29 is 14.6 Å². The molecular weight excluding hydrogens is 180 g/mol. The van der Waals surface area contributed by atoms with Crippen LogP contribution in [-0.2, 0) is 16.0 Å². The molecule has 3 nitrogen and oxygen atoms in total. The normalized spacial score (nSPS) is 10.1. The van der Waals surface area contributed by atoms with E-state index in [1.807, 2.05) is 0 Å². The molecule has 0 fully saturated rings. The van der Waals surface area contributed by atoms with Crippen molar-refractivity contribution in [2.24, 2.45) is 0 Å². The Balaban J connectivity index is 2.44. The first-order valence-electron chi connectivity index (χ1n) is 4.51. The average molecular weight is 194 g/mol. The Hall–Kier alpha value is -1.35. The van der Waals surface area contributed by atoms with Crippen molar-refractivity contribution in [2.45, 2.75) is 12.8 Å². The number of ketones is 1. The van der Waals surface area contributed by atoms with Gasteiger partial charge in [0.2, 0.25) is 0 Å². The number of hydrogen-bond acceptors (Lipinski definition) is 3. The third kappa shape index (κ3) is 3.58. The number of ether oxygens (including phenoxy) is 1.